The van der Waals surface area contributed by atoms with E-state index in [1.807, 2.05) is 0 Å². The predicted octanol–water partition coefficient (Wildman–Crippen LogP) is 5.37. The average Bonchev–Trinajstić information content (AvgIpc) is 2.97. The normalized spacial score (nSPS) is 18.6. The van der Waals surface area contributed by atoms with Crippen molar-refractivity contribution in [2.45, 2.75) is 36.3 Å². The van der Waals surface area contributed by atoms with Gasteiger partial charge in [0.05, 0.1) is 36.9 Å². The van der Waals surface area contributed by atoms with Gasteiger partial charge in [-0.2, -0.15) is 0 Å². The zero-order chi connectivity index (χ0) is 23.1. The van der Waals surface area contributed by atoms with Crippen molar-refractivity contribution < 1.29 is 31.4 Å². The molecule has 2 aromatic carbocycles. The number of fused-ring (bicyclic) bond motifs is 1. The van der Waals surface area contributed by atoms with Crippen molar-refractivity contribution in [3.8, 4) is 5.75 Å². The second kappa shape index (κ2) is 11.4. The van der Waals surface area contributed by atoms with Crippen molar-refractivity contribution in [3.05, 3.63) is 58.6 Å². The molecule has 0 saturated carbocycles. The Balaban J connectivity index is 1.91. The number of unbranched alkanes of at least 4 members (excludes halogenated alkanes) is 1. The fourth-order valence-electron chi connectivity index (χ4n) is 3.71. The van der Waals surface area contributed by atoms with Crippen molar-refractivity contribution in [1.29, 1.82) is 0 Å². The summed E-state index contributed by atoms with van der Waals surface area (Å²) >= 11 is 5.90. The quantitative estimate of drug-likeness (QED) is 0.421. The van der Waals surface area contributed by atoms with Crippen molar-refractivity contribution in [1.82, 2.24) is 0 Å². The molecule has 2 aromatic rings. The summed E-state index contributed by atoms with van der Waals surface area (Å²) < 4.78 is 73.3. The van der Waals surface area contributed by atoms with Gasteiger partial charge >= 0.3 is 0 Å². The average molecular weight is 489 g/mol. The molecule has 0 amide bonds. The van der Waals surface area contributed by atoms with E-state index in [4.69, 9.17) is 25.8 Å². The van der Waals surface area contributed by atoms with Gasteiger partial charge in [0.2, 0.25) is 0 Å². The molecule has 2 unspecified atom stereocenters. The first kappa shape index (κ1) is 24.9. The Hall–Kier alpha value is -1.74. The van der Waals surface area contributed by atoms with Gasteiger partial charge in [-0.05, 0) is 49.2 Å². The van der Waals surface area contributed by atoms with Crippen LogP contribution in [0.4, 0.5) is 8.78 Å². The minimum absolute atomic E-state index is 0.0312. The molecule has 1 heterocycles. The van der Waals surface area contributed by atoms with E-state index < -0.39 is 32.6 Å². The molecule has 2 atom stereocenters. The second-order valence-corrected chi connectivity index (χ2v) is 10.1. The van der Waals surface area contributed by atoms with Crippen LogP contribution in [0.3, 0.4) is 0 Å². The largest absolute Gasteiger partial charge is 0.490 e. The van der Waals surface area contributed by atoms with Crippen LogP contribution < -0.4 is 4.74 Å². The van der Waals surface area contributed by atoms with E-state index in [0.29, 0.717) is 18.2 Å². The fourth-order valence-corrected chi connectivity index (χ4v) is 5.90. The third-order valence-electron chi connectivity index (χ3n) is 5.37. The van der Waals surface area contributed by atoms with E-state index in [0.717, 1.165) is 25.0 Å². The monoisotopic (exact) mass is 488 g/mol. The van der Waals surface area contributed by atoms with Gasteiger partial charge in [-0.25, -0.2) is 17.2 Å². The third kappa shape index (κ3) is 5.78. The highest BCUT2D eigenvalue weighted by molar-refractivity contribution is 7.91. The van der Waals surface area contributed by atoms with E-state index in [1.54, 1.807) is 0 Å². The standard InChI is InChI=1S/C23H27ClF2O5S/c1-2-3-11-29-13-14-30-15-16-10-12-31-22-20(26)9-8-19(25)21(22)23(16)32(27,28)18-6-4-17(24)5-7-18/h4-9,16,23H,2-3,10-15H2,1H3. The number of sulfone groups is 1. The van der Waals surface area contributed by atoms with Gasteiger partial charge in [-0.3, -0.25) is 0 Å². The molecule has 176 valence electrons. The number of rotatable bonds is 10. The van der Waals surface area contributed by atoms with Gasteiger partial charge < -0.3 is 14.2 Å². The lowest BCUT2D eigenvalue weighted by Gasteiger charge is -2.26. The summed E-state index contributed by atoms with van der Waals surface area (Å²) in [5, 5.41) is -1.01. The topological polar surface area (TPSA) is 61.8 Å². The van der Waals surface area contributed by atoms with E-state index in [2.05, 4.69) is 6.92 Å². The molecular formula is C23H27ClF2O5S. The lowest BCUT2D eigenvalue weighted by Crippen LogP contribution is -2.27. The van der Waals surface area contributed by atoms with E-state index in [-0.39, 0.29) is 42.4 Å². The van der Waals surface area contributed by atoms with Crippen LogP contribution in [0.2, 0.25) is 5.02 Å². The second-order valence-electron chi connectivity index (χ2n) is 7.63. The molecule has 0 aliphatic carbocycles. The van der Waals surface area contributed by atoms with Crippen molar-refractivity contribution >= 4 is 21.4 Å². The van der Waals surface area contributed by atoms with Crippen LogP contribution >= 0.6 is 11.6 Å². The Morgan fingerprint density at radius 3 is 2.44 bits per heavy atom. The predicted molar refractivity (Wildman–Crippen MR) is 118 cm³/mol. The highest BCUT2D eigenvalue weighted by atomic mass is 35.5. The highest BCUT2D eigenvalue weighted by Crippen LogP contribution is 2.45. The summed E-state index contributed by atoms with van der Waals surface area (Å²) in [5.41, 5.74) is -0.301. The molecular weight excluding hydrogens is 462 g/mol. The van der Waals surface area contributed by atoms with Crippen molar-refractivity contribution in [2.24, 2.45) is 5.92 Å². The summed E-state index contributed by atoms with van der Waals surface area (Å²) in [6.45, 7) is 3.41. The Labute approximate surface area is 192 Å². The molecule has 32 heavy (non-hydrogen) atoms. The van der Waals surface area contributed by atoms with Crippen LogP contribution in [0.25, 0.3) is 0 Å². The Bertz CT molecular complexity index is 998. The Morgan fingerprint density at radius 2 is 1.72 bits per heavy atom. The number of hydrogen-bond acceptors (Lipinski definition) is 5. The van der Waals surface area contributed by atoms with Crippen LogP contribution in [0, 0.1) is 17.6 Å². The van der Waals surface area contributed by atoms with Gasteiger partial charge in [0, 0.05) is 17.5 Å². The SMILES string of the molecule is CCCCOCCOCC1CCOc2c(F)ccc(F)c2C1S(=O)(=O)c1ccc(Cl)cc1. The molecule has 0 saturated heterocycles. The number of ether oxygens (including phenoxy) is 3. The number of hydrogen-bond donors (Lipinski definition) is 0. The Morgan fingerprint density at radius 1 is 1.03 bits per heavy atom. The molecule has 9 heteroatoms. The van der Waals surface area contributed by atoms with Crippen LogP contribution in [0.1, 0.15) is 37.0 Å². The van der Waals surface area contributed by atoms with Crippen LogP contribution in [0.15, 0.2) is 41.3 Å². The van der Waals surface area contributed by atoms with Crippen molar-refractivity contribution in [2.75, 3.05) is 33.0 Å². The molecule has 1 aliphatic rings. The third-order valence-corrected chi connectivity index (χ3v) is 7.84. The molecule has 0 fully saturated rings. The molecule has 0 spiro atoms. The highest BCUT2D eigenvalue weighted by Gasteiger charge is 2.42. The smallest absolute Gasteiger partial charge is 0.185 e. The van der Waals surface area contributed by atoms with Gasteiger partial charge in [0.15, 0.2) is 21.4 Å². The van der Waals surface area contributed by atoms with Crippen LogP contribution in [-0.4, -0.2) is 41.5 Å². The zero-order valence-electron chi connectivity index (χ0n) is 17.9. The maximum absolute atomic E-state index is 14.9. The minimum Gasteiger partial charge on any atom is -0.490 e. The molecule has 0 N–H and O–H groups in total. The lowest BCUT2D eigenvalue weighted by atomic mass is 9.96. The van der Waals surface area contributed by atoms with Gasteiger partial charge in [-0.15, -0.1) is 0 Å². The van der Waals surface area contributed by atoms with Gasteiger partial charge in [0.1, 0.15) is 11.1 Å². The summed E-state index contributed by atoms with van der Waals surface area (Å²) in [4.78, 5) is -0.0312. The van der Waals surface area contributed by atoms with Crippen molar-refractivity contribution in [3.63, 3.8) is 0 Å². The maximum Gasteiger partial charge on any atom is 0.185 e. The first-order valence-electron chi connectivity index (χ1n) is 10.6. The van der Waals surface area contributed by atoms with E-state index in [9.17, 15) is 17.2 Å². The molecule has 3 rings (SSSR count). The first-order valence-corrected chi connectivity index (χ1v) is 12.5. The summed E-state index contributed by atoms with van der Waals surface area (Å²) in [5.74, 6) is -2.65. The zero-order valence-corrected chi connectivity index (χ0v) is 19.4. The number of benzene rings is 2. The maximum atomic E-state index is 14.9. The molecule has 0 aromatic heterocycles. The number of halogens is 3. The Kier molecular flexibility index (Phi) is 8.87. The molecule has 5 nitrogen and oxygen atoms in total. The van der Waals surface area contributed by atoms with Gasteiger partial charge in [-0.1, -0.05) is 24.9 Å². The fraction of sp³-hybridized carbons (Fsp3) is 0.478. The molecule has 0 bridgehead atoms. The van der Waals surface area contributed by atoms with Crippen LogP contribution in [0.5, 0.6) is 5.75 Å². The summed E-state index contributed by atoms with van der Waals surface area (Å²) in [6.07, 6.45) is 2.22. The molecule has 0 radical (unpaired) electrons. The first-order chi connectivity index (χ1) is 15.4. The minimum atomic E-state index is -4.12. The van der Waals surface area contributed by atoms with E-state index >= 15 is 0 Å². The van der Waals surface area contributed by atoms with Gasteiger partial charge in [0.25, 0.3) is 0 Å². The summed E-state index contributed by atoms with van der Waals surface area (Å²) in [7, 11) is -4.12. The lowest BCUT2D eigenvalue weighted by molar-refractivity contribution is 0.0297. The van der Waals surface area contributed by atoms with Crippen LogP contribution in [-0.2, 0) is 19.3 Å². The summed E-state index contributed by atoms with van der Waals surface area (Å²) in [6, 6.07) is 7.48. The van der Waals surface area contributed by atoms with E-state index in [1.165, 1.54) is 24.3 Å². The molecule has 1 aliphatic heterocycles.